The summed E-state index contributed by atoms with van der Waals surface area (Å²) < 4.78 is 49.6. The molecule has 1 aliphatic rings. The number of nitrogens with two attached hydrogens (primary N) is 2. The fourth-order valence-electron chi connectivity index (χ4n) is 4.74. The van der Waals surface area contributed by atoms with Crippen LogP contribution < -0.4 is 16.8 Å². The number of benzene rings is 1. The van der Waals surface area contributed by atoms with Gasteiger partial charge in [0.15, 0.2) is 5.82 Å². The molecule has 1 aromatic rings. The maximum Gasteiger partial charge on any atom is 0.311 e. The van der Waals surface area contributed by atoms with Gasteiger partial charge in [0.25, 0.3) is 0 Å². The predicted molar refractivity (Wildman–Crippen MR) is 106 cm³/mol. The van der Waals surface area contributed by atoms with Crippen molar-refractivity contribution in [1.82, 2.24) is 5.32 Å². The van der Waals surface area contributed by atoms with Crippen molar-refractivity contribution in [1.29, 1.82) is 0 Å². The van der Waals surface area contributed by atoms with Crippen LogP contribution in [0.1, 0.15) is 31.7 Å². The number of carboxylic acid groups (broad SMARTS) is 2. The number of ether oxygens (including phenoxy) is 1. The third kappa shape index (κ3) is 3.85. The second-order valence-electron chi connectivity index (χ2n) is 7.87. The second-order valence-corrected chi connectivity index (χ2v) is 7.87. The third-order valence-electron chi connectivity index (χ3n) is 6.45. The van der Waals surface area contributed by atoms with Crippen molar-refractivity contribution in [2.24, 2.45) is 16.6 Å². The second kappa shape index (κ2) is 9.41. The van der Waals surface area contributed by atoms with Crippen molar-refractivity contribution in [2.75, 3.05) is 32.2 Å². The van der Waals surface area contributed by atoms with Crippen LogP contribution in [-0.2, 0) is 14.3 Å². The summed E-state index contributed by atoms with van der Waals surface area (Å²) >= 11 is 0. The molecule has 1 saturated heterocycles. The van der Waals surface area contributed by atoms with Crippen LogP contribution in [0.2, 0.25) is 0 Å². The molecule has 0 saturated carbocycles. The van der Waals surface area contributed by atoms with Gasteiger partial charge < -0.3 is 31.7 Å². The Morgan fingerprint density at radius 3 is 2.35 bits per heavy atom. The zero-order valence-electron chi connectivity index (χ0n) is 17.3. The molecule has 0 aromatic heterocycles. The van der Waals surface area contributed by atoms with Gasteiger partial charge in [-0.3, -0.25) is 9.59 Å². The lowest BCUT2D eigenvalue weighted by Crippen LogP contribution is -2.72. The first-order valence-corrected chi connectivity index (χ1v) is 9.83. The van der Waals surface area contributed by atoms with Crippen LogP contribution in [0.5, 0.6) is 0 Å². The molecule has 1 aliphatic heterocycles. The van der Waals surface area contributed by atoms with E-state index >= 15 is 4.39 Å². The van der Waals surface area contributed by atoms with E-state index in [9.17, 15) is 28.6 Å². The molecule has 0 amide bonds. The number of halogens is 3. The molecule has 174 valence electrons. The summed E-state index contributed by atoms with van der Waals surface area (Å²) in [5.41, 5.74) is 5.43. The highest BCUT2D eigenvalue weighted by atomic mass is 19.1. The molecule has 8 nitrogen and oxygen atoms in total. The van der Waals surface area contributed by atoms with Gasteiger partial charge in [0.05, 0.1) is 35.8 Å². The Labute approximate surface area is 177 Å². The van der Waals surface area contributed by atoms with Crippen LogP contribution in [0, 0.1) is 22.5 Å². The quantitative estimate of drug-likeness (QED) is 0.282. The minimum absolute atomic E-state index is 0.0553. The molecule has 2 rings (SSSR count). The molecule has 5 unspecified atom stereocenters. The molecular weight excluding hydrogens is 419 g/mol. The number of aliphatic carboxylic acids is 2. The van der Waals surface area contributed by atoms with Crippen LogP contribution in [0.15, 0.2) is 12.1 Å². The van der Waals surface area contributed by atoms with Gasteiger partial charge in [-0.1, -0.05) is 6.92 Å². The highest BCUT2D eigenvalue weighted by Gasteiger charge is 2.67. The van der Waals surface area contributed by atoms with Gasteiger partial charge in [-0.05, 0) is 25.5 Å². The molecule has 11 heteroatoms. The van der Waals surface area contributed by atoms with Crippen LogP contribution in [-0.4, -0.2) is 60.7 Å². The zero-order chi connectivity index (χ0) is 23.6. The summed E-state index contributed by atoms with van der Waals surface area (Å²) in [5, 5.41) is 23.1. The predicted octanol–water partition coefficient (Wildman–Crippen LogP) is 1.49. The number of anilines is 1. The van der Waals surface area contributed by atoms with E-state index in [0.29, 0.717) is 0 Å². The van der Waals surface area contributed by atoms with Crippen LogP contribution in [0.3, 0.4) is 0 Å². The Kier molecular flexibility index (Phi) is 7.56. The van der Waals surface area contributed by atoms with E-state index in [1.54, 1.807) is 0 Å². The molecule has 5 atom stereocenters. The first-order valence-electron chi connectivity index (χ1n) is 9.83. The molecule has 1 aromatic carbocycles. The Bertz CT molecular complexity index is 843. The maximum absolute atomic E-state index is 15.1. The van der Waals surface area contributed by atoms with Crippen molar-refractivity contribution >= 4 is 17.6 Å². The standard InChI is InChI=1S/C20H28F3N3O5/c1-3-20(18(29)30)13(9-31-7-6-24)26-12(8-21)19(2,17(27)28)16(20)14-10(22)4-5-11(25)15(14)23/h4-5,12-13,16,26H,3,6-9,24-25H2,1-2H3,(H,27,28)(H,29,30). The third-order valence-corrected chi connectivity index (χ3v) is 6.45. The van der Waals surface area contributed by atoms with Gasteiger partial charge >= 0.3 is 11.9 Å². The molecular formula is C20H28F3N3O5. The van der Waals surface area contributed by atoms with E-state index in [0.717, 1.165) is 19.1 Å². The lowest BCUT2D eigenvalue weighted by Gasteiger charge is -2.56. The van der Waals surface area contributed by atoms with E-state index in [1.807, 2.05) is 0 Å². The SMILES string of the molecule is CCC1(C(=O)O)C(COCCN)NC(CF)C(C)(C(=O)O)C1c1c(F)ccc(N)c1F. The molecule has 0 bridgehead atoms. The number of rotatable bonds is 9. The molecule has 7 N–H and O–H groups in total. The fourth-order valence-corrected chi connectivity index (χ4v) is 4.74. The summed E-state index contributed by atoms with van der Waals surface area (Å²) in [5.74, 6) is -7.34. The molecule has 0 spiro atoms. The van der Waals surface area contributed by atoms with E-state index < -0.39 is 70.3 Å². The van der Waals surface area contributed by atoms with Crippen molar-refractivity contribution in [3.8, 4) is 0 Å². The maximum atomic E-state index is 15.1. The van der Waals surface area contributed by atoms with Crippen molar-refractivity contribution in [3.05, 3.63) is 29.3 Å². The topological polar surface area (TPSA) is 148 Å². The zero-order valence-corrected chi connectivity index (χ0v) is 17.3. The smallest absolute Gasteiger partial charge is 0.311 e. The van der Waals surface area contributed by atoms with Crippen molar-refractivity contribution in [2.45, 2.75) is 38.3 Å². The first kappa shape index (κ1) is 24.9. The van der Waals surface area contributed by atoms with Crippen molar-refractivity contribution in [3.63, 3.8) is 0 Å². The molecule has 31 heavy (non-hydrogen) atoms. The Hall–Kier alpha value is -2.37. The number of hydrogen-bond acceptors (Lipinski definition) is 6. The van der Waals surface area contributed by atoms with Gasteiger partial charge in [-0.15, -0.1) is 0 Å². The minimum Gasteiger partial charge on any atom is -0.481 e. The summed E-state index contributed by atoms with van der Waals surface area (Å²) in [6.45, 7) is 1.21. The number of nitrogens with one attached hydrogen (secondary N) is 1. The molecule has 1 heterocycles. The minimum atomic E-state index is -2.23. The van der Waals surface area contributed by atoms with Gasteiger partial charge in [0.1, 0.15) is 12.5 Å². The normalized spacial score (nSPS) is 30.8. The Balaban J connectivity index is 2.91. The molecule has 1 fully saturated rings. The Morgan fingerprint density at radius 1 is 1.23 bits per heavy atom. The number of carbonyl (C=O) groups is 2. The number of hydrogen-bond donors (Lipinski definition) is 5. The number of alkyl halides is 1. The number of nitrogen functional groups attached to an aromatic ring is 1. The number of carboxylic acids is 2. The molecule has 0 aliphatic carbocycles. The Morgan fingerprint density at radius 2 is 1.87 bits per heavy atom. The lowest BCUT2D eigenvalue weighted by molar-refractivity contribution is -0.175. The van der Waals surface area contributed by atoms with Gasteiger partial charge in [0, 0.05) is 24.1 Å². The van der Waals surface area contributed by atoms with E-state index in [-0.39, 0.29) is 26.2 Å². The fraction of sp³-hybridized carbons (Fsp3) is 0.600. The van der Waals surface area contributed by atoms with E-state index in [1.165, 1.54) is 6.92 Å². The van der Waals surface area contributed by atoms with Crippen molar-refractivity contribution < 1.29 is 37.7 Å². The largest absolute Gasteiger partial charge is 0.481 e. The summed E-state index contributed by atoms with van der Waals surface area (Å²) in [6.07, 6.45) is -0.230. The van der Waals surface area contributed by atoms with Gasteiger partial charge in [0.2, 0.25) is 0 Å². The molecule has 0 radical (unpaired) electrons. The number of piperidine rings is 1. The first-order chi connectivity index (χ1) is 14.5. The monoisotopic (exact) mass is 447 g/mol. The van der Waals surface area contributed by atoms with Gasteiger partial charge in [-0.25, -0.2) is 13.2 Å². The van der Waals surface area contributed by atoms with Crippen LogP contribution >= 0.6 is 0 Å². The summed E-state index contributed by atoms with van der Waals surface area (Å²) in [4.78, 5) is 25.1. The highest BCUT2D eigenvalue weighted by Crippen LogP contribution is 2.58. The summed E-state index contributed by atoms with van der Waals surface area (Å²) in [7, 11) is 0. The summed E-state index contributed by atoms with van der Waals surface area (Å²) in [6, 6.07) is -0.832. The average molecular weight is 447 g/mol. The van der Waals surface area contributed by atoms with Crippen LogP contribution in [0.4, 0.5) is 18.9 Å². The lowest BCUT2D eigenvalue weighted by atomic mass is 9.51. The average Bonchev–Trinajstić information content (AvgIpc) is 2.72. The van der Waals surface area contributed by atoms with E-state index in [2.05, 4.69) is 5.32 Å². The van der Waals surface area contributed by atoms with E-state index in [4.69, 9.17) is 16.2 Å². The highest BCUT2D eigenvalue weighted by molar-refractivity contribution is 5.84. The van der Waals surface area contributed by atoms with Crippen LogP contribution in [0.25, 0.3) is 0 Å². The van der Waals surface area contributed by atoms with Gasteiger partial charge in [-0.2, -0.15) is 0 Å².